The highest BCUT2D eigenvalue weighted by atomic mass is 32.2. The molecule has 7 heteroatoms. The average molecular weight is 488 g/mol. The molecule has 0 amide bonds. The summed E-state index contributed by atoms with van der Waals surface area (Å²) in [6.07, 6.45) is 3.10. The van der Waals surface area contributed by atoms with Crippen LogP contribution in [0.3, 0.4) is 0 Å². The second kappa shape index (κ2) is 9.50. The summed E-state index contributed by atoms with van der Waals surface area (Å²) in [5.41, 5.74) is 6.91. The molecule has 0 aliphatic heterocycles. The summed E-state index contributed by atoms with van der Waals surface area (Å²) in [6.45, 7) is 8.04. The van der Waals surface area contributed by atoms with Crippen molar-refractivity contribution in [3.63, 3.8) is 0 Å². The van der Waals surface area contributed by atoms with Gasteiger partial charge in [-0.3, -0.25) is 4.57 Å². The van der Waals surface area contributed by atoms with Crippen LogP contribution in [0.5, 0.6) is 0 Å². The van der Waals surface area contributed by atoms with Gasteiger partial charge in [-0.25, -0.2) is 13.4 Å². The molecule has 0 spiro atoms. The Labute approximate surface area is 206 Å². The van der Waals surface area contributed by atoms with E-state index in [1.807, 2.05) is 54.1 Å². The topological polar surface area (TPSA) is 84.5 Å². The minimum atomic E-state index is -3.29. The third-order valence-corrected chi connectivity index (χ3v) is 7.21. The molecule has 0 atom stereocenters. The third-order valence-electron chi connectivity index (χ3n) is 6.10. The summed E-state index contributed by atoms with van der Waals surface area (Å²) in [5, 5.41) is 12.7. The van der Waals surface area contributed by atoms with E-state index in [-0.39, 0.29) is 0 Å². The number of hydrogen-bond acceptors (Lipinski definition) is 5. The van der Waals surface area contributed by atoms with E-state index in [9.17, 15) is 13.6 Å². The zero-order valence-corrected chi connectivity index (χ0v) is 21.3. The Bertz CT molecular complexity index is 1530. The number of imidazole rings is 1. The molecule has 0 bridgehead atoms. The number of sulfone groups is 1. The Hall–Kier alpha value is -3.71. The fraction of sp³-hybridized carbons (Fsp3) is 0.214. The zero-order chi connectivity index (χ0) is 25.3. The molecule has 180 valence electrons. The molecule has 4 aromatic rings. The lowest BCUT2D eigenvalue weighted by Gasteiger charge is -2.16. The maximum atomic E-state index is 12.0. The molecule has 0 saturated carbocycles. The molecular formula is C28H29N3O3S. The van der Waals surface area contributed by atoms with Gasteiger partial charge in [-0.1, -0.05) is 61.5 Å². The molecule has 1 aromatic heterocycles. The molecule has 4 rings (SSSR count). The van der Waals surface area contributed by atoms with Gasteiger partial charge >= 0.3 is 0 Å². The molecule has 3 aromatic carbocycles. The average Bonchev–Trinajstić information content (AvgIpc) is 3.28. The normalized spacial score (nSPS) is 12.3. The van der Waals surface area contributed by atoms with Crippen LogP contribution in [0.1, 0.15) is 43.5 Å². The van der Waals surface area contributed by atoms with E-state index in [0.29, 0.717) is 22.2 Å². The van der Waals surface area contributed by atoms with E-state index >= 15 is 0 Å². The predicted octanol–water partition coefficient (Wildman–Crippen LogP) is 6.24. The largest absolute Gasteiger partial charge is 0.411 e. The molecule has 0 unspecified atom stereocenters. The Morgan fingerprint density at radius 3 is 2.37 bits per heavy atom. The van der Waals surface area contributed by atoms with Crippen molar-refractivity contribution in [1.29, 1.82) is 0 Å². The van der Waals surface area contributed by atoms with E-state index in [4.69, 9.17) is 4.98 Å². The van der Waals surface area contributed by atoms with Crippen molar-refractivity contribution in [3.05, 3.63) is 89.7 Å². The van der Waals surface area contributed by atoms with Crippen LogP contribution in [0, 0.1) is 6.92 Å². The molecule has 0 saturated heterocycles. The van der Waals surface area contributed by atoms with Crippen LogP contribution in [-0.4, -0.2) is 35.1 Å². The summed E-state index contributed by atoms with van der Waals surface area (Å²) in [4.78, 5) is 5.13. The molecule has 1 N–H and O–H groups in total. The van der Waals surface area contributed by atoms with Crippen molar-refractivity contribution in [1.82, 2.24) is 9.55 Å². The summed E-state index contributed by atoms with van der Waals surface area (Å²) < 4.78 is 26.1. The van der Waals surface area contributed by atoms with Crippen LogP contribution >= 0.6 is 0 Å². The van der Waals surface area contributed by atoms with Gasteiger partial charge in [0.2, 0.25) is 0 Å². The second-order valence-corrected chi connectivity index (χ2v) is 11.1. The Morgan fingerprint density at radius 1 is 1.00 bits per heavy atom. The van der Waals surface area contributed by atoms with E-state index in [0.717, 1.165) is 33.8 Å². The Morgan fingerprint density at radius 2 is 1.71 bits per heavy atom. The number of aromatic nitrogens is 2. The summed E-state index contributed by atoms with van der Waals surface area (Å²) >= 11 is 0. The quantitative estimate of drug-likeness (QED) is 0.198. The van der Waals surface area contributed by atoms with Gasteiger partial charge in [0.1, 0.15) is 17.2 Å². The number of rotatable bonds is 6. The third kappa shape index (κ3) is 4.91. The summed E-state index contributed by atoms with van der Waals surface area (Å²) in [6, 6.07) is 21.2. The van der Waals surface area contributed by atoms with Gasteiger partial charge in [0.15, 0.2) is 9.84 Å². The van der Waals surface area contributed by atoms with E-state index < -0.39 is 9.84 Å². The van der Waals surface area contributed by atoms with Crippen molar-refractivity contribution in [2.24, 2.45) is 5.16 Å². The van der Waals surface area contributed by atoms with E-state index in [1.54, 1.807) is 25.1 Å². The number of oxime groups is 1. The van der Waals surface area contributed by atoms with Crippen molar-refractivity contribution in [3.8, 4) is 28.2 Å². The lowest BCUT2D eigenvalue weighted by atomic mass is 9.96. The van der Waals surface area contributed by atoms with Gasteiger partial charge in [0.25, 0.3) is 0 Å². The smallest absolute Gasteiger partial charge is 0.175 e. The molecule has 0 aliphatic carbocycles. The van der Waals surface area contributed by atoms with Crippen LogP contribution in [-0.2, 0) is 9.84 Å². The molecule has 6 nitrogen and oxygen atoms in total. The minimum absolute atomic E-state index is 0.294. The maximum absolute atomic E-state index is 12.0. The van der Waals surface area contributed by atoms with Crippen LogP contribution in [0.2, 0.25) is 0 Å². The lowest BCUT2D eigenvalue weighted by Crippen LogP contribution is -2.02. The van der Waals surface area contributed by atoms with Gasteiger partial charge in [-0.05, 0) is 66.3 Å². The molecule has 0 radical (unpaired) electrons. The molecular weight excluding hydrogens is 458 g/mol. The Balaban J connectivity index is 1.88. The number of aryl methyl sites for hydroxylation is 1. The highest BCUT2D eigenvalue weighted by molar-refractivity contribution is 7.90. The SMILES string of the molecule is C/C(=N/O)c1cn(-c2ccc(-c3cccc(S(C)(=O)=O)c3)cc2C)c(-c2ccccc2C(C)C)n1. The van der Waals surface area contributed by atoms with Crippen LogP contribution in [0.15, 0.2) is 83.0 Å². The maximum Gasteiger partial charge on any atom is 0.175 e. The lowest BCUT2D eigenvalue weighted by molar-refractivity contribution is 0.319. The van der Waals surface area contributed by atoms with Gasteiger partial charge in [0, 0.05) is 18.0 Å². The monoisotopic (exact) mass is 487 g/mol. The van der Waals surface area contributed by atoms with Crippen LogP contribution in [0.25, 0.3) is 28.2 Å². The van der Waals surface area contributed by atoms with E-state index in [1.165, 1.54) is 11.8 Å². The first kappa shape index (κ1) is 24.4. The first-order chi connectivity index (χ1) is 16.6. The zero-order valence-electron chi connectivity index (χ0n) is 20.5. The number of hydrogen-bond donors (Lipinski definition) is 1. The fourth-order valence-corrected chi connectivity index (χ4v) is 4.86. The standard InChI is InChI=1S/C28H29N3O3S/c1-18(2)24-11-6-7-12-25(24)28-29-26(20(4)30-32)17-31(28)27-14-13-22(15-19(27)3)21-9-8-10-23(16-21)35(5,33)34/h6-18,32H,1-5H3/b30-20-. The van der Waals surface area contributed by atoms with E-state index in [2.05, 4.69) is 31.1 Å². The van der Waals surface area contributed by atoms with Crippen molar-refractivity contribution in [2.75, 3.05) is 6.26 Å². The van der Waals surface area contributed by atoms with Crippen LogP contribution in [0.4, 0.5) is 0 Å². The molecule has 0 fully saturated rings. The van der Waals surface area contributed by atoms with Crippen LogP contribution < -0.4 is 0 Å². The van der Waals surface area contributed by atoms with Crippen molar-refractivity contribution in [2.45, 2.75) is 38.5 Å². The highest BCUT2D eigenvalue weighted by Gasteiger charge is 2.19. The fourth-order valence-electron chi connectivity index (χ4n) is 4.20. The minimum Gasteiger partial charge on any atom is -0.411 e. The second-order valence-electron chi connectivity index (χ2n) is 9.05. The molecule has 1 heterocycles. The molecule has 35 heavy (non-hydrogen) atoms. The van der Waals surface area contributed by atoms with Gasteiger partial charge in [-0.2, -0.15) is 0 Å². The van der Waals surface area contributed by atoms with Crippen molar-refractivity contribution < 1.29 is 13.6 Å². The van der Waals surface area contributed by atoms with Crippen molar-refractivity contribution >= 4 is 15.5 Å². The first-order valence-corrected chi connectivity index (χ1v) is 13.3. The Kier molecular flexibility index (Phi) is 6.63. The highest BCUT2D eigenvalue weighted by Crippen LogP contribution is 2.33. The first-order valence-electron chi connectivity index (χ1n) is 11.4. The predicted molar refractivity (Wildman–Crippen MR) is 140 cm³/mol. The van der Waals surface area contributed by atoms with Gasteiger partial charge < -0.3 is 5.21 Å². The summed E-state index contributed by atoms with van der Waals surface area (Å²) in [7, 11) is -3.29. The molecule has 0 aliphatic rings. The number of benzene rings is 3. The number of nitrogens with zero attached hydrogens (tertiary/aromatic N) is 3. The van der Waals surface area contributed by atoms with Gasteiger partial charge in [0.05, 0.1) is 10.6 Å². The van der Waals surface area contributed by atoms with Gasteiger partial charge in [-0.15, -0.1) is 0 Å². The summed E-state index contributed by atoms with van der Waals surface area (Å²) in [5.74, 6) is 1.07.